The van der Waals surface area contributed by atoms with Crippen molar-refractivity contribution >= 4 is 17.4 Å². The quantitative estimate of drug-likeness (QED) is 0.308. The number of halogens is 5. The normalized spacial score (nSPS) is 10.5. The van der Waals surface area contributed by atoms with Gasteiger partial charge in [-0.3, -0.25) is 0 Å². The van der Waals surface area contributed by atoms with Crippen molar-refractivity contribution in [2.24, 2.45) is 0 Å². The Morgan fingerprint density at radius 3 is 1.93 bits per heavy atom. The number of para-hydroxylation sites is 2. The van der Waals surface area contributed by atoms with E-state index in [0.29, 0.717) is 11.4 Å². The van der Waals surface area contributed by atoms with Crippen LogP contribution in [0.15, 0.2) is 48.5 Å². The van der Waals surface area contributed by atoms with Gasteiger partial charge in [-0.05, 0) is 36.4 Å². The highest BCUT2D eigenvalue weighted by atomic mass is 19.2. The van der Waals surface area contributed by atoms with Gasteiger partial charge in [-0.15, -0.1) is 0 Å². The zero-order valence-corrected chi connectivity index (χ0v) is 15.2. The van der Waals surface area contributed by atoms with E-state index >= 15 is 0 Å². The molecule has 0 heterocycles. The lowest BCUT2D eigenvalue weighted by Crippen LogP contribution is -2.19. The molecule has 2 amide bonds. The van der Waals surface area contributed by atoms with Crippen molar-refractivity contribution < 1.29 is 36.2 Å². The summed E-state index contributed by atoms with van der Waals surface area (Å²) in [5.74, 6) is -11.9. The number of anilines is 2. The van der Waals surface area contributed by atoms with Gasteiger partial charge < -0.3 is 20.1 Å². The Labute approximate surface area is 167 Å². The number of rotatable bonds is 5. The van der Waals surface area contributed by atoms with E-state index in [1.807, 2.05) is 0 Å². The maximum Gasteiger partial charge on any atom is 0.323 e. The molecule has 0 aliphatic carbocycles. The van der Waals surface area contributed by atoms with Gasteiger partial charge in [0, 0.05) is 5.69 Å². The highest BCUT2D eigenvalue weighted by Crippen LogP contribution is 2.33. The lowest BCUT2D eigenvalue weighted by molar-refractivity contribution is 0.262. The summed E-state index contributed by atoms with van der Waals surface area (Å²) in [7, 11) is 1.45. The smallest absolute Gasteiger partial charge is 0.323 e. The van der Waals surface area contributed by atoms with E-state index < -0.39 is 40.9 Å². The second kappa shape index (κ2) is 8.68. The topological polar surface area (TPSA) is 59.6 Å². The van der Waals surface area contributed by atoms with Gasteiger partial charge in [-0.2, -0.15) is 8.78 Å². The molecule has 0 saturated carbocycles. The molecular weight excluding hydrogens is 411 g/mol. The standard InChI is InChI=1S/C20H13F5N2O3/c1-29-13-5-3-2-4-12(13)27-20(28)26-10-6-8-11(9-7-10)30-19-17(24)15(22)14(21)16(23)18(19)25/h2-9H,1H3,(H2,26,27,28). The number of ether oxygens (including phenoxy) is 2. The van der Waals surface area contributed by atoms with E-state index in [9.17, 15) is 26.7 Å². The van der Waals surface area contributed by atoms with Crippen LogP contribution in [0.1, 0.15) is 0 Å². The number of amides is 2. The average Bonchev–Trinajstić information content (AvgIpc) is 2.75. The minimum Gasteiger partial charge on any atom is -0.495 e. The van der Waals surface area contributed by atoms with Gasteiger partial charge in [0.15, 0.2) is 0 Å². The fraction of sp³-hybridized carbons (Fsp3) is 0.0500. The second-order valence-electron chi connectivity index (χ2n) is 5.80. The highest BCUT2D eigenvalue weighted by molar-refractivity contribution is 6.00. The fourth-order valence-corrected chi connectivity index (χ4v) is 2.43. The number of hydrogen-bond donors (Lipinski definition) is 2. The summed E-state index contributed by atoms with van der Waals surface area (Å²) in [6.07, 6.45) is 0. The largest absolute Gasteiger partial charge is 0.495 e. The van der Waals surface area contributed by atoms with Gasteiger partial charge in [0.05, 0.1) is 12.8 Å². The summed E-state index contributed by atoms with van der Waals surface area (Å²) < 4.78 is 76.9. The van der Waals surface area contributed by atoms with Crippen molar-refractivity contribution in [2.45, 2.75) is 0 Å². The van der Waals surface area contributed by atoms with Gasteiger partial charge in [-0.1, -0.05) is 12.1 Å². The van der Waals surface area contributed by atoms with Crippen LogP contribution in [0.5, 0.6) is 17.2 Å². The maximum atomic E-state index is 13.7. The van der Waals surface area contributed by atoms with Gasteiger partial charge >= 0.3 is 6.03 Å². The number of carbonyl (C=O) groups is 1. The van der Waals surface area contributed by atoms with Crippen LogP contribution >= 0.6 is 0 Å². The van der Waals surface area contributed by atoms with Crippen LogP contribution in [-0.4, -0.2) is 13.1 Å². The Balaban J connectivity index is 1.71. The Morgan fingerprint density at radius 2 is 1.33 bits per heavy atom. The van der Waals surface area contributed by atoms with E-state index in [4.69, 9.17) is 9.47 Å². The zero-order chi connectivity index (χ0) is 21.8. The molecule has 0 fully saturated rings. The molecule has 5 nitrogen and oxygen atoms in total. The molecule has 0 bridgehead atoms. The second-order valence-corrected chi connectivity index (χ2v) is 5.80. The van der Waals surface area contributed by atoms with Gasteiger partial charge in [0.2, 0.25) is 34.8 Å². The molecule has 10 heteroatoms. The minimum atomic E-state index is -2.28. The van der Waals surface area contributed by atoms with Crippen LogP contribution < -0.4 is 20.1 Å². The molecule has 0 atom stereocenters. The highest BCUT2D eigenvalue weighted by Gasteiger charge is 2.27. The van der Waals surface area contributed by atoms with Crippen molar-refractivity contribution in [3.63, 3.8) is 0 Å². The number of urea groups is 1. The Morgan fingerprint density at radius 1 is 0.767 bits per heavy atom. The van der Waals surface area contributed by atoms with Crippen molar-refractivity contribution in [1.82, 2.24) is 0 Å². The summed E-state index contributed by atoms with van der Waals surface area (Å²) in [5.41, 5.74) is 0.691. The third kappa shape index (κ3) is 4.27. The molecule has 0 aromatic heterocycles. The molecule has 0 saturated heterocycles. The molecule has 156 valence electrons. The first-order valence-corrected chi connectivity index (χ1v) is 8.32. The summed E-state index contributed by atoms with van der Waals surface area (Å²) in [6, 6.07) is 11.1. The summed E-state index contributed by atoms with van der Waals surface area (Å²) in [4.78, 5) is 12.1. The predicted molar refractivity (Wildman–Crippen MR) is 98.4 cm³/mol. The molecular formula is C20H13F5N2O3. The molecule has 0 spiro atoms. The number of benzene rings is 3. The van der Waals surface area contributed by atoms with Crippen molar-refractivity contribution in [2.75, 3.05) is 17.7 Å². The van der Waals surface area contributed by atoms with Crippen LogP contribution in [0.2, 0.25) is 0 Å². The molecule has 3 aromatic rings. The molecule has 30 heavy (non-hydrogen) atoms. The van der Waals surface area contributed by atoms with E-state index in [2.05, 4.69) is 10.6 Å². The molecule has 0 radical (unpaired) electrons. The predicted octanol–water partition coefficient (Wildman–Crippen LogP) is 5.83. The molecule has 0 unspecified atom stereocenters. The maximum absolute atomic E-state index is 13.7. The van der Waals surface area contributed by atoms with E-state index in [-0.39, 0.29) is 11.4 Å². The monoisotopic (exact) mass is 424 g/mol. The third-order valence-corrected chi connectivity index (χ3v) is 3.86. The molecule has 2 N–H and O–H groups in total. The SMILES string of the molecule is COc1ccccc1NC(=O)Nc1ccc(Oc2c(F)c(F)c(F)c(F)c2F)cc1. The van der Waals surface area contributed by atoms with Crippen LogP contribution in [0.4, 0.5) is 38.1 Å². The first kappa shape index (κ1) is 20.9. The Hall–Kier alpha value is -3.82. The molecule has 3 rings (SSSR count). The van der Waals surface area contributed by atoms with Crippen LogP contribution in [0.3, 0.4) is 0 Å². The van der Waals surface area contributed by atoms with Gasteiger partial charge in [0.25, 0.3) is 0 Å². The zero-order valence-electron chi connectivity index (χ0n) is 15.2. The number of methoxy groups -OCH3 is 1. The summed E-state index contributed by atoms with van der Waals surface area (Å²) in [6.45, 7) is 0. The third-order valence-electron chi connectivity index (χ3n) is 3.86. The van der Waals surface area contributed by atoms with E-state index in [0.717, 1.165) is 0 Å². The lowest BCUT2D eigenvalue weighted by atomic mass is 10.2. The van der Waals surface area contributed by atoms with Crippen LogP contribution in [0, 0.1) is 29.1 Å². The van der Waals surface area contributed by atoms with Crippen molar-refractivity contribution in [3.8, 4) is 17.2 Å². The van der Waals surface area contributed by atoms with Crippen molar-refractivity contribution in [3.05, 3.63) is 77.6 Å². The lowest BCUT2D eigenvalue weighted by Gasteiger charge is -2.12. The van der Waals surface area contributed by atoms with Crippen LogP contribution in [-0.2, 0) is 0 Å². The van der Waals surface area contributed by atoms with Gasteiger partial charge in [0.1, 0.15) is 11.5 Å². The first-order chi connectivity index (χ1) is 14.3. The average molecular weight is 424 g/mol. The number of hydrogen-bond acceptors (Lipinski definition) is 3. The van der Waals surface area contributed by atoms with E-state index in [1.165, 1.54) is 31.4 Å². The van der Waals surface area contributed by atoms with Crippen molar-refractivity contribution in [1.29, 1.82) is 0 Å². The summed E-state index contributed by atoms with van der Waals surface area (Å²) >= 11 is 0. The Bertz CT molecular complexity index is 1060. The number of nitrogens with one attached hydrogen (secondary N) is 2. The Kier molecular flexibility index (Phi) is 6.05. The van der Waals surface area contributed by atoms with E-state index in [1.54, 1.807) is 24.3 Å². The molecule has 0 aliphatic rings. The van der Waals surface area contributed by atoms with Crippen LogP contribution in [0.25, 0.3) is 0 Å². The van der Waals surface area contributed by atoms with Gasteiger partial charge in [-0.25, -0.2) is 18.0 Å². The fourth-order valence-electron chi connectivity index (χ4n) is 2.43. The number of carbonyl (C=O) groups excluding carboxylic acids is 1. The molecule has 3 aromatic carbocycles. The molecule has 0 aliphatic heterocycles. The first-order valence-electron chi connectivity index (χ1n) is 8.32. The summed E-state index contributed by atoms with van der Waals surface area (Å²) in [5, 5.41) is 5.08. The minimum absolute atomic E-state index is 0.214.